The van der Waals surface area contributed by atoms with Crippen LogP contribution in [0.4, 0.5) is 5.69 Å². The summed E-state index contributed by atoms with van der Waals surface area (Å²) in [5.41, 5.74) is 2.51. The van der Waals surface area contributed by atoms with E-state index in [9.17, 15) is 4.79 Å². The van der Waals surface area contributed by atoms with Gasteiger partial charge in [-0.2, -0.15) is 0 Å². The Balaban J connectivity index is 1.66. The Labute approximate surface area is 132 Å². The average molecular weight is 310 g/mol. The van der Waals surface area contributed by atoms with E-state index in [-0.39, 0.29) is 5.91 Å². The normalized spacial score (nSPS) is 10.2. The van der Waals surface area contributed by atoms with Crippen LogP contribution in [0.3, 0.4) is 0 Å². The lowest BCUT2D eigenvalue weighted by Crippen LogP contribution is -2.11. The third kappa shape index (κ3) is 3.51. The number of nitrogens with one attached hydrogen (secondary N) is 1. The number of amides is 1. The van der Waals surface area contributed by atoms with Gasteiger partial charge >= 0.3 is 0 Å². The first-order valence-corrected chi connectivity index (χ1v) is 7.64. The summed E-state index contributed by atoms with van der Waals surface area (Å²) in [6, 6.07) is 14.7. The molecular weight excluding hydrogens is 296 g/mol. The largest absolute Gasteiger partial charge is 0.431 e. The number of rotatable bonds is 4. The second-order valence-corrected chi connectivity index (χ2v) is 5.60. The molecule has 0 bridgehead atoms. The minimum atomic E-state index is -0.148. The van der Waals surface area contributed by atoms with Crippen LogP contribution in [0, 0.1) is 6.92 Å². The molecular formula is C17H14N2O2S. The lowest BCUT2D eigenvalue weighted by molar-refractivity contribution is 0.102. The Morgan fingerprint density at radius 3 is 2.45 bits per heavy atom. The molecule has 0 radical (unpaired) electrons. The van der Waals surface area contributed by atoms with Crippen molar-refractivity contribution < 1.29 is 9.53 Å². The molecule has 2 aromatic carbocycles. The molecule has 4 nitrogen and oxygen atoms in total. The number of benzene rings is 2. The number of carbonyl (C=O) groups excluding carboxylic acids is 1. The Hall–Kier alpha value is -2.66. The van der Waals surface area contributed by atoms with E-state index in [1.807, 2.05) is 36.6 Å². The Morgan fingerprint density at radius 2 is 1.82 bits per heavy atom. The number of hydrogen-bond donors (Lipinski definition) is 1. The minimum absolute atomic E-state index is 0.148. The van der Waals surface area contributed by atoms with Gasteiger partial charge in [-0.3, -0.25) is 4.79 Å². The van der Waals surface area contributed by atoms with Crippen molar-refractivity contribution in [2.75, 3.05) is 5.32 Å². The zero-order chi connectivity index (χ0) is 15.4. The van der Waals surface area contributed by atoms with Crippen molar-refractivity contribution in [1.82, 2.24) is 4.98 Å². The number of aryl methyl sites for hydroxylation is 1. The van der Waals surface area contributed by atoms with E-state index >= 15 is 0 Å². The molecule has 0 aliphatic carbocycles. The van der Waals surface area contributed by atoms with E-state index in [1.165, 1.54) is 11.3 Å². The quantitative estimate of drug-likeness (QED) is 0.772. The van der Waals surface area contributed by atoms with Gasteiger partial charge in [-0.05, 0) is 43.3 Å². The maximum Gasteiger partial charge on any atom is 0.278 e. The predicted molar refractivity (Wildman–Crippen MR) is 87.8 cm³/mol. The van der Waals surface area contributed by atoms with Crippen LogP contribution in [0.15, 0.2) is 60.1 Å². The van der Waals surface area contributed by atoms with E-state index in [4.69, 9.17) is 4.74 Å². The Kier molecular flexibility index (Phi) is 4.16. The number of thiazole rings is 1. The fourth-order valence-electron chi connectivity index (χ4n) is 1.88. The van der Waals surface area contributed by atoms with E-state index in [0.29, 0.717) is 16.5 Å². The van der Waals surface area contributed by atoms with Crippen molar-refractivity contribution in [3.8, 4) is 10.9 Å². The van der Waals surface area contributed by atoms with Gasteiger partial charge in [-0.1, -0.05) is 29.0 Å². The zero-order valence-corrected chi connectivity index (χ0v) is 12.8. The first-order chi connectivity index (χ1) is 10.7. The summed E-state index contributed by atoms with van der Waals surface area (Å²) >= 11 is 1.42. The van der Waals surface area contributed by atoms with Gasteiger partial charge in [0.2, 0.25) is 0 Å². The highest BCUT2D eigenvalue weighted by atomic mass is 32.1. The number of nitrogens with zero attached hydrogens (tertiary/aromatic N) is 1. The molecule has 1 aromatic heterocycles. The summed E-state index contributed by atoms with van der Waals surface area (Å²) in [5, 5.41) is 5.29. The van der Waals surface area contributed by atoms with Gasteiger partial charge in [0.15, 0.2) is 0 Å². The van der Waals surface area contributed by atoms with Crippen LogP contribution in [0.1, 0.15) is 15.9 Å². The van der Waals surface area contributed by atoms with Crippen LogP contribution in [0.25, 0.3) is 0 Å². The van der Waals surface area contributed by atoms with Gasteiger partial charge in [0.25, 0.3) is 11.1 Å². The van der Waals surface area contributed by atoms with E-state index in [1.54, 1.807) is 30.5 Å². The van der Waals surface area contributed by atoms with E-state index < -0.39 is 0 Å². The first-order valence-electron chi connectivity index (χ1n) is 6.76. The maximum atomic E-state index is 12.2. The second-order valence-electron chi connectivity index (χ2n) is 4.74. The van der Waals surface area contributed by atoms with Crippen molar-refractivity contribution in [2.24, 2.45) is 0 Å². The van der Waals surface area contributed by atoms with Crippen molar-refractivity contribution in [2.45, 2.75) is 6.92 Å². The van der Waals surface area contributed by atoms with E-state index in [2.05, 4.69) is 10.3 Å². The van der Waals surface area contributed by atoms with Crippen molar-refractivity contribution >= 4 is 22.9 Å². The van der Waals surface area contributed by atoms with Crippen LogP contribution in [0.5, 0.6) is 10.9 Å². The smallest absolute Gasteiger partial charge is 0.278 e. The van der Waals surface area contributed by atoms with Crippen LogP contribution in [-0.4, -0.2) is 10.9 Å². The van der Waals surface area contributed by atoms with Gasteiger partial charge in [0, 0.05) is 22.8 Å². The highest BCUT2D eigenvalue weighted by Crippen LogP contribution is 2.23. The molecule has 1 N–H and O–H groups in total. The molecule has 0 unspecified atom stereocenters. The highest BCUT2D eigenvalue weighted by Gasteiger charge is 2.07. The Bertz CT molecular complexity index is 750. The van der Waals surface area contributed by atoms with Gasteiger partial charge in [-0.15, -0.1) is 0 Å². The molecule has 22 heavy (non-hydrogen) atoms. The molecule has 0 atom stereocenters. The summed E-state index contributed by atoms with van der Waals surface area (Å²) in [7, 11) is 0. The lowest BCUT2D eigenvalue weighted by Gasteiger charge is -2.06. The molecule has 1 heterocycles. The summed E-state index contributed by atoms with van der Waals surface area (Å²) in [5.74, 6) is 0.506. The molecule has 0 saturated carbocycles. The monoisotopic (exact) mass is 310 g/mol. The number of anilines is 1. The Morgan fingerprint density at radius 1 is 1.09 bits per heavy atom. The summed E-state index contributed by atoms with van der Waals surface area (Å²) in [6.07, 6.45) is 1.68. The molecule has 5 heteroatoms. The van der Waals surface area contributed by atoms with Gasteiger partial charge in [-0.25, -0.2) is 4.98 Å². The molecule has 110 valence electrons. The summed E-state index contributed by atoms with van der Waals surface area (Å²) < 4.78 is 5.56. The van der Waals surface area contributed by atoms with Crippen LogP contribution in [-0.2, 0) is 0 Å². The highest BCUT2D eigenvalue weighted by molar-refractivity contribution is 7.11. The topological polar surface area (TPSA) is 51.2 Å². The van der Waals surface area contributed by atoms with Crippen molar-refractivity contribution in [1.29, 1.82) is 0 Å². The molecule has 3 rings (SSSR count). The fourth-order valence-corrected chi connectivity index (χ4v) is 2.38. The second kappa shape index (κ2) is 6.41. The average Bonchev–Trinajstić information content (AvgIpc) is 3.03. The van der Waals surface area contributed by atoms with Crippen molar-refractivity contribution in [3.63, 3.8) is 0 Å². The lowest BCUT2D eigenvalue weighted by atomic mass is 10.2. The first kappa shape index (κ1) is 14.3. The third-order valence-electron chi connectivity index (χ3n) is 3.04. The summed E-state index contributed by atoms with van der Waals surface area (Å²) in [4.78, 5) is 16.2. The predicted octanol–water partition coefficient (Wildman–Crippen LogP) is 4.50. The molecule has 0 saturated heterocycles. The number of hydrogen-bond acceptors (Lipinski definition) is 4. The number of aromatic nitrogens is 1. The van der Waals surface area contributed by atoms with Crippen LogP contribution in [0.2, 0.25) is 0 Å². The molecule has 3 aromatic rings. The molecule has 0 aliphatic heterocycles. The third-order valence-corrected chi connectivity index (χ3v) is 3.69. The number of ether oxygens (including phenoxy) is 1. The van der Waals surface area contributed by atoms with Gasteiger partial charge in [0.05, 0.1) is 0 Å². The molecule has 0 aliphatic rings. The van der Waals surface area contributed by atoms with Gasteiger partial charge < -0.3 is 10.1 Å². The fraction of sp³-hybridized carbons (Fsp3) is 0.0588. The molecule has 0 fully saturated rings. The summed E-state index contributed by atoms with van der Waals surface area (Å²) in [6.45, 7) is 2.01. The SMILES string of the molecule is Cc1ccc(NC(=O)c2ccc(Oc3nccs3)cc2)cc1. The standard InChI is InChI=1S/C17H14N2O2S/c1-12-2-6-14(7-3-12)19-16(20)13-4-8-15(9-5-13)21-17-18-10-11-22-17/h2-11H,1H3,(H,19,20). The zero-order valence-electron chi connectivity index (χ0n) is 11.9. The van der Waals surface area contributed by atoms with Gasteiger partial charge in [0.1, 0.15) is 5.75 Å². The minimum Gasteiger partial charge on any atom is -0.431 e. The molecule has 0 spiro atoms. The maximum absolute atomic E-state index is 12.2. The van der Waals surface area contributed by atoms with E-state index in [0.717, 1.165) is 11.3 Å². The number of carbonyl (C=O) groups is 1. The van der Waals surface area contributed by atoms with Crippen LogP contribution < -0.4 is 10.1 Å². The van der Waals surface area contributed by atoms with Crippen LogP contribution >= 0.6 is 11.3 Å². The van der Waals surface area contributed by atoms with Crippen molar-refractivity contribution in [3.05, 3.63) is 71.2 Å². The molecule has 1 amide bonds.